The highest BCUT2D eigenvalue weighted by Gasteiger charge is 2.47. The summed E-state index contributed by atoms with van der Waals surface area (Å²) in [5.74, 6) is 0.0675. The number of carbonyl (C=O) groups excluding carboxylic acids is 3. The SMILES string of the molecule is O=C1CN(C2CCN(C(=O)C3(c4cccs4)CCCC3)CC2)C(=O)N1c1ccccc1. The van der Waals surface area contributed by atoms with Gasteiger partial charge in [0.15, 0.2) is 0 Å². The molecule has 1 aliphatic carbocycles. The van der Waals surface area contributed by atoms with Gasteiger partial charge in [0.05, 0.1) is 11.1 Å². The number of benzene rings is 1. The number of imide groups is 1. The van der Waals surface area contributed by atoms with Crippen LogP contribution in [0, 0.1) is 0 Å². The number of nitrogens with zero attached hydrogens (tertiary/aromatic N) is 3. The minimum atomic E-state index is -0.357. The lowest BCUT2D eigenvalue weighted by atomic mass is 9.82. The molecule has 0 atom stereocenters. The largest absolute Gasteiger partial charge is 0.342 e. The summed E-state index contributed by atoms with van der Waals surface area (Å²) in [7, 11) is 0. The molecule has 3 heterocycles. The van der Waals surface area contributed by atoms with Gasteiger partial charge in [0.1, 0.15) is 6.54 Å². The number of rotatable bonds is 4. The fourth-order valence-electron chi connectivity index (χ4n) is 5.41. The van der Waals surface area contributed by atoms with E-state index in [4.69, 9.17) is 0 Å². The van der Waals surface area contributed by atoms with Gasteiger partial charge >= 0.3 is 6.03 Å². The Kier molecular flexibility index (Phi) is 5.30. The molecule has 6 nitrogen and oxygen atoms in total. The Morgan fingerprint density at radius 3 is 2.32 bits per heavy atom. The highest BCUT2D eigenvalue weighted by Crippen LogP contribution is 2.45. The smallest absolute Gasteiger partial charge is 0.332 e. The number of urea groups is 1. The number of hydrogen-bond donors (Lipinski definition) is 0. The number of hydrogen-bond acceptors (Lipinski definition) is 4. The molecule has 4 amide bonds. The van der Waals surface area contributed by atoms with E-state index < -0.39 is 0 Å². The molecule has 0 bridgehead atoms. The Balaban J connectivity index is 1.26. The van der Waals surface area contributed by atoms with Crippen molar-refractivity contribution in [1.82, 2.24) is 9.80 Å². The van der Waals surface area contributed by atoms with Crippen molar-refractivity contribution >= 4 is 34.9 Å². The summed E-state index contributed by atoms with van der Waals surface area (Å²) in [6, 6.07) is 13.0. The van der Waals surface area contributed by atoms with Crippen molar-refractivity contribution in [2.75, 3.05) is 24.5 Å². The van der Waals surface area contributed by atoms with E-state index in [9.17, 15) is 14.4 Å². The Morgan fingerprint density at radius 2 is 1.68 bits per heavy atom. The number of likely N-dealkylation sites (tertiary alicyclic amines) is 1. The van der Waals surface area contributed by atoms with Gasteiger partial charge in [0.25, 0.3) is 5.91 Å². The zero-order valence-corrected chi connectivity index (χ0v) is 18.4. The van der Waals surface area contributed by atoms with E-state index in [1.54, 1.807) is 28.4 Å². The van der Waals surface area contributed by atoms with E-state index in [1.165, 1.54) is 9.78 Å². The van der Waals surface area contributed by atoms with Crippen LogP contribution in [0.1, 0.15) is 43.4 Å². The molecule has 31 heavy (non-hydrogen) atoms. The van der Waals surface area contributed by atoms with Crippen LogP contribution in [0.25, 0.3) is 0 Å². The molecule has 1 saturated carbocycles. The van der Waals surface area contributed by atoms with E-state index >= 15 is 0 Å². The molecule has 0 radical (unpaired) electrons. The van der Waals surface area contributed by atoms with E-state index in [-0.39, 0.29) is 35.8 Å². The van der Waals surface area contributed by atoms with Gasteiger partial charge in [0, 0.05) is 24.0 Å². The third kappa shape index (κ3) is 3.45. The normalized spacial score (nSPS) is 21.9. The first-order valence-corrected chi connectivity index (χ1v) is 12.0. The van der Waals surface area contributed by atoms with Gasteiger partial charge in [-0.2, -0.15) is 0 Å². The van der Waals surface area contributed by atoms with Crippen LogP contribution >= 0.6 is 11.3 Å². The number of piperidine rings is 1. The summed E-state index contributed by atoms with van der Waals surface area (Å²) in [5.41, 5.74) is 0.261. The maximum atomic E-state index is 13.6. The van der Waals surface area contributed by atoms with Crippen LogP contribution in [-0.4, -0.2) is 53.3 Å². The fourth-order valence-corrected chi connectivity index (χ4v) is 6.39. The summed E-state index contributed by atoms with van der Waals surface area (Å²) >= 11 is 1.69. The Morgan fingerprint density at radius 1 is 0.968 bits per heavy atom. The molecule has 2 aromatic rings. The maximum absolute atomic E-state index is 13.6. The van der Waals surface area contributed by atoms with E-state index in [0.717, 1.165) is 25.7 Å². The van der Waals surface area contributed by atoms with Crippen molar-refractivity contribution < 1.29 is 14.4 Å². The predicted octanol–water partition coefficient (Wildman–Crippen LogP) is 4.02. The lowest BCUT2D eigenvalue weighted by Gasteiger charge is -2.40. The van der Waals surface area contributed by atoms with Gasteiger partial charge in [-0.25, -0.2) is 9.69 Å². The number of thiophene rings is 1. The molecule has 162 valence electrons. The second-order valence-electron chi connectivity index (χ2n) is 8.77. The van der Waals surface area contributed by atoms with Crippen LogP contribution in [0.4, 0.5) is 10.5 Å². The molecular formula is C24H27N3O3S. The molecule has 0 unspecified atom stereocenters. The first-order valence-electron chi connectivity index (χ1n) is 11.1. The number of para-hydroxylation sites is 1. The van der Waals surface area contributed by atoms with Gasteiger partial charge < -0.3 is 9.80 Å². The minimum absolute atomic E-state index is 0.00419. The molecule has 2 saturated heterocycles. The van der Waals surface area contributed by atoms with Crippen LogP contribution in [-0.2, 0) is 15.0 Å². The Labute approximate surface area is 186 Å². The highest BCUT2D eigenvalue weighted by molar-refractivity contribution is 7.10. The summed E-state index contributed by atoms with van der Waals surface area (Å²) in [6.07, 6.45) is 5.48. The average molecular weight is 438 g/mol. The van der Waals surface area contributed by atoms with Gasteiger partial charge in [-0.15, -0.1) is 11.3 Å². The standard InChI is InChI=1S/C24H27N3O3S/c28-21-17-26(23(30)27(21)19-7-2-1-3-8-19)18-10-14-25(15-11-18)22(29)24(12-4-5-13-24)20-9-6-16-31-20/h1-3,6-9,16,18H,4-5,10-15,17H2. The summed E-state index contributed by atoms with van der Waals surface area (Å²) < 4.78 is 0. The van der Waals surface area contributed by atoms with Crippen molar-refractivity contribution in [3.8, 4) is 0 Å². The third-order valence-corrected chi connectivity index (χ3v) is 8.13. The van der Waals surface area contributed by atoms with Crippen molar-refractivity contribution in [3.63, 3.8) is 0 Å². The van der Waals surface area contributed by atoms with E-state index in [2.05, 4.69) is 11.4 Å². The molecular weight excluding hydrogens is 410 g/mol. The fraction of sp³-hybridized carbons (Fsp3) is 0.458. The van der Waals surface area contributed by atoms with Crippen LogP contribution in [0.2, 0.25) is 0 Å². The summed E-state index contributed by atoms with van der Waals surface area (Å²) in [4.78, 5) is 45.3. The summed E-state index contributed by atoms with van der Waals surface area (Å²) in [5, 5.41) is 2.06. The summed E-state index contributed by atoms with van der Waals surface area (Å²) in [6.45, 7) is 1.39. The quantitative estimate of drug-likeness (QED) is 0.679. The van der Waals surface area contributed by atoms with Crippen molar-refractivity contribution in [2.24, 2.45) is 0 Å². The molecule has 0 spiro atoms. The van der Waals surface area contributed by atoms with Crippen LogP contribution < -0.4 is 4.90 Å². The zero-order chi connectivity index (χ0) is 21.4. The van der Waals surface area contributed by atoms with Crippen molar-refractivity contribution in [1.29, 1.82) is 0 Å². The van der Waals surface area contributed by atoms with Crippen LogP contribution in [0.3, 0.4) is 0 Å². The molecule has 3 fully saturated rings. The monoisotopic (exact) mass is 437 g/mol. The molecule has 1 aromatic heterocycles. The zero-order valence-electron chi connectivity index (χ0n) is 17.5. The van der Waals surface area contributed by atoms with Crippen LogP contribution in [0.15, 0.2) is 47.8 Å². The second-order valence-corrected chi connectivity index (χ2v) is 9.71. The highest BCUT2D eigenvalue weighted by atomic mass is 32.1. The van der Waals surface area contributed by atoms with E-state index in [0.29, 0.717) is 31.6 Å². The topological polar surface area (TPSA) is 60.9 Å². The maximum Gasteiger partial charge on any atom is 0.332 e. The molecule has 7 heteroatoms. The van der Waals surface area contributed by atoms with Gasteiger partial charge in [-0.05, 0) is 49.3 Å². The number of carbonyl (C=O) groups is 3. The van der Waals surface area contributed by atoms with Crippen LogP contribution in [0.5, 0.6) is 0 Å². The Bertz CT molecular complexity index is 961. The molecule has 0 N–H and O–H groups in total. The average Bonchev–Trinajstić information content (AvgIpc) is 3.55. The molecule has 1 aromatic carbocycles. The van der Waals surface area contributed by atoms with Gasteiger partial charge in [0.2, 0.25) is 5.91 Å². The first kappa shape index (κ1) is 20.2. The number of anilines is 1. The molecule has 5 rings (SSSR count). The van der Waals surface area contributed by atoms with E-state index in [1.807, 2.05) is 29.2 Å². The lowest BCUT2D eigenvalue weighted by Crippen LogP contribution is -2.52. The Hall–Kier alpha value is -2.67. The van der Waals surface area contributed by atoms with Crippen molar-refractivity contribution in [2.45, 2.75) is 50.0 Å². The first-order chi connectivity index (χ1) is 15.1. The minimum Gasteiger partial charge on any atom is -0.342 e. The third-order valence-electron chi connectivity index (χ3n) is 7.06. The van der Waals surface area contributed by atoms with Gasteiger partial charge in [-0.1, -0.05) is 37.1 Å². The lowest BCUT2D eigenvalue weighted by molar-refractivity contribution is -0.138. The van der Waals surface area contributed by atoms with Gasteiger partial charge in [-0.3, -0.25) is 9.59 Å². The molecule has 2 aliphatic heterocycles. The second kappa shape index (κ2) is 8.11. The van der Waals surface area contributed by atoms with Crippen molar-refractivity contribution in [3.05, 3.63) is 52.7 Å². The number of amides is 4. The predicted molar refractivity (Wildman–Crippen MR) is 120 cm³/mol. The molecule has 3 aliphatic rings.